The lowest BCUT2D eigenvalue weighted by Gasteiger charge is -2.46. The largest absolute Gasteiger partial charge is 0.487 e. The fourth-order valence-electron chi connectivity index (χ4n) is 6.21. The van der Waals surface area contributed by atoms with E-state index in [2.05, 4.69) is 13.7 Å². The monoisotopic (exact) mass is 899 g/mol. The lowest BCUT2D eigenvalue weighted by atomic mass is 10.0. The fourth-order valence-corrected chi connectivity index (χ4v) is 16.5. The summed E-state index contributed by atoms with van der Waals surface area (Å²) in [4.78, 5) is 55.7. The highest BCUT2D eigenvalue weighted by atomic mass is 32.3. The smallest absolute Gasteiger partial charge is 0.325 e. The van der Waals surface area contributed by atoms with Crippen molar-refractivity contribution in [3.05, 3.63) is 90.0 Å². The van der Waals surface area contributed by atoms with Crippen LogP contribution in [0.4, 0.5) is 5.69 Å². The van der Waals surface area contributed by atoms with E-state index in [1.54, 1.807) is 45.0 Å². The van der Waals surface area contributed by atoms with Gasteiger partial charge < -0.3 is 28.2 Å². The first kappa shape index (κ1) is 48.3. The van der Waals surface area contributed by atoms with Crippen molar-refractivity contribution < 1.29 is 37.1 Å². The van der Waals surface area contributed by atoms with Crippen LogP contribution < -0.4 is 18.5 Å². The molecule has 1 aliphatic heterocycles. The minimum absolute atomic E-state index is 0.0135. The van der Waals surface area contributed by atoms with Crippen molar-refractivity contribution in [2.24, 2.45) is 0 Å². The maximum Gasteiger partial charge on any atom is 0.325 e. The molecule has 16 heteroatoms. The van der Waals surface area contributed by atoms with Crippen molar-refractivity contribution in [3.8, 4) is 5.75 Å². The van der Waals surface area contributed by atoms with E-state index in [-0.39, 0.29) is 58.1 Å². The highest BCUT2D eigenvalue weighted by Gasteiger charge is 2.48. The Morgan fingerprint density at radius 1 is 0.780 bits per heavy atom. The molecule has 2 N–H and O–H groups in total. The summed E-state index contributed by atoms with van der Waals surface area (Å²) in [5.74, 6) is 0.0123. The molecule has 0 saturated carbocycles. The summed E-state index contributed by atoms with van der Waals surface area (Å²) in [5, 5.41) is 0.486. The van der Waals surface area contributed by atoms with Crippen molar-refractivity contribution in [2.75, 3.05) is 22.4 Å². The van der Waals surface area contributed by atoms with E-state index in [0.717, 1.165) is 5.56 Å². The number of nitrogens with zero attached hydrogens (tertiary/aromatic N) is 1. The van der Waals surface area contributed by atoms with Crippen LogP contribution in [-0.4, -0.2) is 90.6 Å². The van der Waals surface area contributed by atoms with E-state index in [4.69, 9.17) is 9.47 Å². The molecule has 0 aliphatic carbocycles. The Balaban J connectivity index is 1.90. The summed E-state index contributed by atoms with van der Waals surface area (Å²) in [5.41, 5.74) is 1.27. The van der Waals surface area contributed by atoms with Crippen LogP contribution in [0.2, 0.25) is 58.9 Å². The van der Waals surface area contributed by atoms with E-state index >= 15 is 0 Å². The predicted octanol–water partition coefficient (Wildman–Crippen LogP) is 7.64. The zero-order valence-electron chi connectivity index (χ0n) is 36.9. The van der Waals surface area contributed by atoms with Gasteiger partial charge >= 0.3 is 5.97 Å². The Kier molecular flexibility index (Phi) is 15.3. The molecule has 1 heterocycles. The number of hydrogen-bond donors (Lipinski definition) is 2. The summed E-state index contributed by atoms with van der Waals surface area (Å²) in [7, 11) is -13.4. The fraction of sp³-hybridized carbons (Fsp3) is 0.488. The molecule has 2 atom stereocenters. The van der Waals surface area contributed by atoms with E-state index in [1.165, 1.54) is 12.1 Å². The molecular weight excluding hydrogens is 835 g/mol. The van der Waals surface area contributed by atoms with E-state index < -0.39 is 62.3 Å². The van der Waals surface area contributed by atoms with Crippen LogP contribution in [0.15, 0.2) is 83.8 Å². The Bertz CT molecular complexity index is 2070. The van der Waals surface area contributed by atoms with E-state index in [0.29, 0.717) is 23.5 Å². The van der Waals surface area contributed by atoms with Crippen LogP contribution in [0, 0.1) is 0 Å². The Hall–Kier alpha value is -3.39. The number of anilines is 1. The van der Waals surface area contributed by atoms with Gasteiger partial charge in [0.1, 0.15) is 64.4 Å². The van der Waals surface area contributed by atoms with E-state index in [1.807, 2.05) is 101 Å². The third-order valence-electron chi connectivity index (χ3n) is 9.89. The van der Waals surface area contributed by atoms with Gasteiger partial charge in [-0.05, 0) is 62.6 Å². The topological polar surface area (TPSA) is 148 Å². The van der Waals surface area contributed by atoms with Crippen LogP contribution in [0.1, 0.15) is 38.3 Å². The molecule has 3 aromatic carbocycles. The first-order chi connectivity index (χ1) is 27.1. The van der Waals surface area contributed by atoms with Crippen molar-refractivity contribution in [1.82, 2.24) is 9.44 Å². The van der Waals surface area contributed by atoms with Crippen LogP contribution in [0.5, 0.6) is 5.75 Å². The number of nitrogens with one attached hydrogen (secondary N) is 2. The van der Waals surface area contributed by atoms with Gasteiger partial charge in [-0.15, -0.1) is 0 Å². The number of hydrogen-bond acceptors (Lipinski definition) is 10. The number of benzene rings is 3. The maximum absolute atomic E-state index is 14.2. The van der Waals surface area contributed by atoms with Gasteiger partial charge in [0, 0.05) is 19.0 Å². The predicted molar refractivity (Wildman–Crippen MR) is 249 cm³/mol. The molecule has 0 spiro atoms. The number of sulfonamides is 1. The van der Waals surface area contributed by atoms with E-state index in [9.17, 15) is 27.6 Å². The van der Waals surface area contributed by atoms with Crippen molar-refractivity contribution in [2.45, 2.75) is 122 Å². The van der Waals surface area contributed by atoms with Gasteiger partial charge in [-0.1, -0.05) is 124 Å². The molecule has 59 heavy (non-hydrogen) atoms. The summed E-state index contributed by atoms with van der Waals surface area (Å²) in [6.45, 7) is 23.9. The molecule has 1 unspecified atom stereocenters. The molecule has 1 fully saturated rings. The number of rotatable bonds is 19. The molecular formula is C43H65N3O8S2Si3. The number of carbonyl (C=O) groups excluding carboxylic acids is 4. The van der Waals surface area contributed by atoms with Crippen LogP contribution in [0.3, 0.4) is 0 Å². The lowest BCUT2D eigenvalue weighted by Crippen LogP contribution is -2.47. The highest BCUT2D eigenvalue weighted by Crippen LogP contribution is 2.57. The molecule has 0 radical (unpaired) electrons. The van der Waals surface area contributed by atoms with Gasteiger partial charge in [-0.2, -0.15) is 4.72 Å². The third kappa shape index (κ3) is 13.6. The van der Waals surface area contributed by atoms with Crippen LogP contribution >= 0.6 is 10.4 Å². The van der Waals surface area contributed by atoms with Gasteiger partial charge in [-0.3, -0.25) is 9.52 Å². The Labute approximate surface area is 357 Å². The normalized spacial score (nSPS) is 17.2. The number of esters is 1. The minimum Gasteiger partial charge on any atom is -0.487 e. The molecule has 3 aromatic rings. The van der Waals surface area contributed by atoms with Crippen molar-refractivity contribution in [1.29, 1.82) is 0 Å². The number of ether oxygens (including phenoxy) is 2. The molecule has 324 valence electrons. The number of carbonyl (C=O) groups is 4. The van der Waals surface area contributed by atoms with Gasteiger partial charge in [0.25, 0.3) is 0 Å². The minimum atomic E-state index is -4.12. The third-order valence-corrected chi connectivity index (χ3v) is 20.9. The van der Waals surface area contributed by atoms with Gasteiger partial charge in [-0.25, -0.2) is 8.42 Å². The van der Waals surface area contributed by atoms with Crippen molar-refractivity contribution >= 4 is 72.5 Å². The first-order valence-electron chi connectivity index (χ1n) is 20.1. The molecule has 0 amide bonds. The molecule has 0 bridgehead atoms. The van der Waals surface area contributed by atoms with Gasteiger partial charge in [0.05, 0.1) is 22.1 Å². The van der Waals surface area contributed by atoms with Crippen LogP contribution in [0.25, 0.3) is 0 Å². The second-order valence-electron chi connectivity index (χ2n) is 19.5. The quantitative estimate of drug-likeness (QED) is 0.0909. The first-order valence-corrected chi connectivity index (χ1v) is 34.0. The summed E-state index contributed by atoms with van der Waals surface area (Å²) in [6.07, 6.45) is 0.218. The van der Waals surface area contributed by atoms with Gasteiger partial charge in [0.15, 0.2) is 0 Å². The highest BCUT2D eigenvalue weighted by molar-refractivity contribution is 8.34. The lowest BCUT2D eigenvalue weighted by molar-refractivity contribution is -0.156. The van der Waals surface area contributed by atoms with Crippen LogP contribution in [-0.2, 0) is 47.0 Å². The summed E-state index contributed by atoms with van der Waals surface area (Å²) < 4.78 is 48.1. The standard InChI is InChI=1S/C43H65N3O8S2Si3/c1-43(2,3)54-42(50)36(45-56(51,52)35-21-17-14-18-22-35)25-33-23-24-37(38(26-33)53-29-32-19-15-13-16-20-32)46-28-34(27-39(47)57(4,5)6)44-55(46,30-40(48)58(7,8)9)31-41(49)59(10,11)12/h13-24,26,34,36,44-45H,25,27-31H2,1-12H3/t34?,36-/m0/s1. The van der Waals surface area contributed by atoms with Crippen molar-refractivity contribution in [3.63, 3.8) is 0 Å². The zero-order chi connectivity index (χ0) is 44.2. The zero-order valence-corrected chi connectivity index (χ0v) is 41.6. The average Bonchev–Trinajstić information content (AvgIpc) is 3.45. The maximum atomic E-state index is 14.2. The Morgan fingerprint density at radius 2 is 1.31 bits per heavy atom. The Morgan fingerprint density at radius 3 is 1.81 bits per heavy atom. The molecule has 1 saturated heterocycles. The second-order valence-corrected chi connectivity index (χ2v) is 39.4. The SMILES string of the molecule is CC(C)(C)OC(=O)[C@H](Cc1ccc(N2CC(CC(=O)[Si](C)(C)C)NS2(CC(=O)[Si](C)(C)C)CC(=O)[Si](C)(C)C)c(OCc2ccccc2)c1)NS(=O)(=O)c1ccccc1. The van der Waals surface area contributed by atoms with Gasteiger partial charge in [0.2, 0.25) is 10.0 Å². The molecule has 4 rings (SSSR count). The second kappa shape index (κ2) is 18.7. The summed E-state index contributed by atoms with van der Waals surface area (Å²) >= 11 is 0. The molecule has 0 aromatic heterocycles. The summed E-state index contributed by atoms with van der Waals surface area (Å²) in [6, 6.07) is 21.4. The molecule has 11 nitrogen and oxygen atoms in total. The average molecular weight is 900 g/mol. The molecule has 1 aliphatic rings.